The Morgan fingerprint density at radius 1 is 1.00 bits per heavy atom. The van der Waals surface area contributed by atoms with Crippen molar-refractivity contribution < 1.29 is 56.0 Å². The normalized spacial score (nSPS) is 23.5. The van der Waals surface area contributed by atoms with E-state index in [1.165, 1.54) is 24.0 Å². The van der Waals surface area contributed by atoms with Crippen LogP contribution in [0.2, 0.25) is 0 Å². The van der Waals surface area contributed by atoms with Crippen molar-refractivity contribution in [1.82, 2.24) is 10.2 Å². The molecule has 0 unspecified atom stereocenters. The van der Waals surface area contributed by atoms with Gasteiger partial charge in [0.15, 0.2) is 0 Å². The molecule has 0 amide bonds. The van der Waals surface area contributed by atoms with Gasteiger partial charge in [-0.1, -0.05) is 24.3 Å². The maximum absolute atomic E-state index is 11.4. The summed E-state index contributed by atoms with van der Waals surface area (Å²) in [5.41, 5.74) is 2.73. The van der Waals surface area contributed by atoms with Gasteiger partial charge in [-0.2, -0.15) is 26.3 Å². The lowest BCUT2D eigenvalue weighted by Crippen LogP contribution is -2.49. The van der Waals surface area contributed by atoms with Gasteiger partial charge in [0.1, 0.15) is 0 Å². The molecule has 8 nitrogen and oxygen atoms in total. The standard InChI is InChI=1S/C20H30N2O2.2C2HF3O2/c1-24-14-15-6-12-22(13-7-15)18-16-4-2-3-5-17(16)20(19(18)23)8-10-21-11-9-20;2*3-2(4,5)1(6)7/h2-5,15,18-19,21,23H,6-14H2,1H3;2*(H,6,7)/t18-,19+;;/m1../s1. The largest absolute Gasteiger partial charge is 0.490 e. The summed E-state index contributed by atoms with van der Waals surface area (Å²) in [6.45, 7) is 5.02. The first-order chi connectivity index (χ1) is 17.6. The van der Waals surface area contributed by atoms with E-state index in [0.29, 0.717) is 5.92 Å². The zero-order chi connectivity index (χ0) is 28.7. The number of rotatable bonds is 3. The zero-order valence-electron chi connectivity index (χ0n) is 20.7. The Bertz CT molecular complexity index is 904. The molecule has 0 aromatic heterocycles. The Hall–Kier alpha value is -2.42. The molecule has 1 aromatic rings. The molecule has 2 aliphatic heterocycles. The number of benzene rings is 1. The molecule has 216 valence electrons. The van der Waals surface area contributed by atoms with Crippen LogP contribution in [0.4, 0.5) is 26.3 Å². The Morgan fingerprint density at radius 2 is 1.47 bits per heavy atom. The van der Waals surface area contributed by atoms with Crippen LogP contribution in [0, 0.1) is 5.92 Å². The lowest BCUT2D eigenvalue weighted by atomic mass is 9.72. The highest BCUT2D eigenvalue weighted by Crippen LogP contribution is 2.52. The van der Waals surface area contributed by atoms with Crippen molar-refractivity contribution in [3.05, 3.63) is 35.4 Å². The molecule has 38 heavy (non-hydrogen) atoms. The molecule has 1 aromatic carbocycles. The topological polar surface area (TPSA) is 119 Å². The highest BCUT2D eigenvalue weighted by molar-refractivity contribution is 5.73. The molecule has 2 heterocycles. The lowest BCUT2D eigenvalue weighted by Gasteiger charge is -2.42. The van der Waals surface area contributed by atoms with Gasteiger partial charge in [-0.05, 0) is 68.9 Å². The molecule has 4 rings (SSSR count). The third-order valence-corrected chi connectivity index (χ3v) is 7.11. The summed E-state index contributed by atoms with van der Waals surface area (Å²) < 4.78 is 68.8. The maximum Gasteiger partial charge on any atom is 0.490 e. The van der Waals surface area contributed by atoms with Crippen LogP contribution in [0.25, 0.3) is 0 Å². The first kappa shape index (κ1) is 31.8. The van der Waals surface area contributed by atoms with E-state index in [2.05, 4.69) is 34.5 Å². The molecule has 0 saturated carbocycles. The number of hydrogen-bond donors (Lipinski definition) is 4. The summed E-state index contributed by atoms with van der Waals surface area (Å²) in [4.78, 5) is 20.3. The Balaban J connectivity index is 0.000000301. The van der Waals surface area contributed by atoms with E-state index in [4.69, 9.17) is 24.5 Å². The fourth-order valence-corrected chi connectivity index (χ4v) is 5.31. The second-order valence-electron chi connectivity index (χ2n) is 9.42. The minimum absolute atomic E-state index is 0.0457. The van der Waals surface area contributed by atoms with Crippen molar-refractivity contribution in [2.75, 3.05) is 39.9 Å². The van der Waals surface area contributed by atoms with Gasteiger partial charge in [0, 0.05) is 19.1 Å². The predicted molar refractivity (Wildman–Crippen MR) is 123 cm³/mol. The lowest BCUT2D eigenvalue weighted by molar-refractivity contribution is -0.193. The number of nitrogens with zero attached hydrogens (tertiary/aromatic N) is 1. The van der Waals surface area contributed by atoms with Crippen LogP contribution in [0.1, 0.15) is 42.9 Å². The molecule has 0 bridgehead atoms. The number of aliphatic hydroxyl groups excluding tert-OH is 1. The third-order valence-electron chi connectivity index (χ3n) is 7.11. The maximum atomic E-state index is 11.4. The summed E-state index contributed by atoms with van der Waals surface area (Å²) in [5.74, 6) is -4.84. The predicted octanol–water partition coefficient (Wildman–Crippen LogP) is 3.35. The van der Waals surface area contributed by atoms with Gasteiger partial charge >= 0.3 is 24.3 Å². The van der Waals surface area contributed by atoms with Crippen LogP contribution in [0.3, 0.4) is 0 Å². The van der Waals surface area contributed by atoms with E-state index in [9.17, 15) is 31.4 Å². The molecule has 1 aliphatic carbocycles. The van der Waals surface area contributed by atoms with E-state index >= 15 is 0 Å². The fraction of sp³-hybridized carbons (Fsp3) is 0.667. The number of likely N-dealkylation sites (tertiary alicyclic amines) is 1. The van der Waals surface area contributed by atoms with Crippen molar-refractivity contribution in [2.45, 2.75) is 55.6 Å². The van der Waals surface area contributed by atoms with Crippen LogP contribution in [-0.4, -0.2) is 90.5 Å². The fourth-order valence-electron chi connectivity index (χ4n) is 5.31. The summed E-state index contributed by atoms with van der Waals surface area (Å²) in [7, 11) is 1.80. The number of hydrogen-bond acceptors (Lipinski definition) is 6. The number of carbonyl (C=O) groups is 2. The molecule has 2 saturated heterocycles. The molecule has 2 fully saturated rings. The monoisotopic (exact) mass is 558 g/mol. The molecular weight excluding hydrogens is 526 g/mol. The number of nitrogens with one attached hydrogen (secondary N) is 1. The van der Waals surface area contributed by atoms with Gasteiger partial charge in [0.2, 0.25) is 0 Å². The van der Waals surface area contributed by atoms with Crippen molar-refractivity contribution in [3.63, 3.8) is 0 Å². The van der Waals surface area contributed by atoms with E-state index in [1.54, 1.807) is 7.11 Å². The smallest absolute Gasteiger partial charge is 0.475 e. The third kappa shape index (κ3) is 7.80. The second kappa shape index (κ2) is 13.1. The van der Waals surface area contributed by atoms with E-state index < -0.39 is 24.3 Å². The van der Waals surface area contributed by atoms with Crippen molar-refractivity contribution in [2.24, 2.45) is 5.92 Å². The van der Waals surface area contributed by atoms with E-state index in [1.807, 2.05) is 0 Å². The average molecular weight is 559 g/mol. The summed E-state index contributed by atoms with van der Waals surface area (Å²) in [5, 5.41) is 29.1. The van der Waals surface area contributed by atoms with Crippen molar-refractivity contribution in [3.8, 4) is 0 Å². The SMILES string of the molecule is COCC1CCN([C@@H]2c3ccccc3C3(CCNCC3)[C@H]2O)CC1.O=C(O)C(F)(F)F.O=C(O)C(F)(F)F. The molecule has 14 heteroatoms. The van der Waals surface area contributed by atoms with E-state index in [0.717, 1.165) is 45.6 Å². The first-order valence-corrected chi connectivity index (χ1v) is 12.0. The number of methoxy groups -OCH3 is 1. The Morgan fingerprint density at radius 3 is 1.92 bits per heavy atom. The number of carboxylic acids is 2. The summed E-state index contributed by atoms with van der Waals surface area (Å²) in [6, 6.07) is 8.96. The number of aliphatic hydroxyl groups is 1. The van der Waals surface area contributed by atoms with Crippen molar-refractivity contribution in [1.29, 1.82) is 0 Å². The Kier molecular flexibility index (Phi) is 11.0. The summed E-state index contributed by atoms with van der Waals surface area (Å²) >= 11 is 0. The quantitative estimate of drug-likeness (QED) is 0.418. The number of carboxylic acid groups (broad SMARTS) is 2. The molecule has 3 aliphatic rings. The number of halogens is 6. The number of aliphatic carboxylic acids is 2. The first-order valence-electron chi connectivity index (χ1n) is 12.0. The minimum Gasteiger partial charge on any atom is -0.475 e. The number of ether oxygens (including phenoxy) is 1. The van der Waals surface area contributed by atoms with Gasteiger partial charge in [-0.25, -0.2) is 9.59 Å². The van der Waals surface area contributed by atoms with Crippen LogP contribution < -0.4 is 5.32 Å². The summed E-state index contributed by atoms with van der Waals surface area (Å²) in [6.07, 6.45) is -6.01. The van der Waals surface area contributed by atoms with Crippen molar-refractivity contribution >= 4 is 11.9 Å². The number of alkyl halides is 6. The van der Waals surface area contributed by atoms with Gasteiger partial charge in [-0.15, -0.1) is 0 Å². The van der Waals surface area contributed by atoms with Gasteiger partial charge in [0.25, 0.3) is 0 Å². The van der Waals surface area contributed by atoms with E-state index in [-0.39, 0.29) is 17.6 Å². The molecule has 2 atom stereocenters. The highest BCUT2D eigenvalue weighted by atomic mass is 19.4. The zero-order valence-corrected chi connectivity index (χ0v) is 20.7. The molecule has 4 N–H and O–H groups in total. The number of piperidine rings is 2. The van der Waals surface area contributed by atoms with Gasteiger partial charge in [0.05, 0.1) is 12.1 Å². The van der Waals surface area contributed by atoms with Gasteiger partial charge in [-0.3, -0.25) is 4.90 Å². The highest BCUT2D eigenvalue weighted by Gasteiger charge is 2.53. The average Bonchev–Trinajstić information content (AvgIpc) is 3.08. The van der Waals surface area contributed by atoms with Gasteiger partial charge < -0.3 is 25.4 Å². The van der Waals surface area contributed by atoms with Crippen LogP contribution in [0.5, 0.6) is 0 Å². The van der Waals surface area contributed by atoms with Crippen LogP contribution >= 0.6 is 0 Å². The molecular formula is C24H32F6N2O6. The van der Waals surface area contributed by atoms with Crippen LogP contribution in [-0.2, 0) is 19.7 Å². The second-order valence-corrected chi connectivity index (χ2v) is 9.42. The number of fused-ring (bicyclic) bond motifs is 2. The van der Waals surface area contributed by atoms with Crippen LogP contribution in [0.15, 0.2) is 24.3 Å². The Labute approximate surface area is 215 Å². The molecule has 0 radical (unpaired) electrons. The minimum atomic E-state index is -5.08. The molecule has 1 spiro atoms.